The summed E-state index contributed by atoms with van der Waals surface area (Å²) in [6, 6.07) is 6.23. The van der Waals surface area contributed by atoms with Crippen molar-refractivity contribution < 1.29 is 4.74 Å². The molecule has 3 heteroatoms. The molecule has 2 rings (SSSR count). The minimum Gasteiger partial charge on any atom is -0.478 e. The Morgan fingerprint density at radius 2 is 2.19 bits per heavy atom. The van der Waals surface area contributed by atoms with Crippen molar-refractivity contribution in [3.05, 3.63) is 33.8 Å². The average Bonchev–Trinajstić information content (AvgIpc) is 2.53. The summed E-state index contributed by atoms with van der Waals surface area (Å²) in [5.41, 5.74) is 2.47. The van der Waals surface area contributed by atoms with Crippen LogP contribution in [0.4, 0.5) is 0 Å². The first-order valence-corrected chi connectivity index (χ1v) is 6.23. The summed E-state index contributed by atoms with van der Waals surface area (Å²) < 4.78 is 6.74. The first kappa shape index (κ1) is 11.6. The molecule has 0 fully saturated rings. The van der Waals surface area contributed by atoms with Crippen LogP contribution in [0.5, 0.6) is 0 Å². The van der Waals surface area contributed by atoms with Crippen LogP contribution in [0.15, 0.2) is 27.7 Å². The van der Waals surface area contributed by atoms with Crippen LogP contribution in [0, 0.1) is 6.92 Å². The minimum atomic E-state index is -0.0603. The van der Waals surface area contributed by atoms with Gasteiger partial charge in [-0.3, -0.25) is 0 Å². The van der Waals surface area contributed by atoms with Gasteiger partial charge in [-0.25, -0.2) is 4.99 Å². The molecule has 1 aliphatic heterocycles. The van der Waals surface area contributed by atoms with E-state index in [4.69, 9.17) is 4.74 Å². The molecule has 0 spiro atoms. The number of nitrogens with zero attached hydrogens (tertiary/aromatic N) is 1. The van der Waals surface area contributed by atoms with Crippen molar-refractivity contribution in [2.24, 2.45) is 4.99 Å². The van der Waals surface area contributed by atoms with E-state index in [0.29, 0.717) is 6.61 Å². The standard InChI is InChI=1S/C13H16BrNO/c1-9-10(5-4-6-11(9)14)7-12-15-13(2,3)8-16-12/h4-6H,7-8H2,1-3H3. The van der Waals surface area contributed by atoms with Crippen LogP contribution in [-0.4, -0.2) is 18.0 Å². The van der Waals surface area contributed by atoms with Gasteiger partial charge in [-0.05, 0) is 38.0 Å². The lowest BCUT2D eigenvalue weighted by Crippen LogP contribution is -2.17. The van der Waals surface area contributed by atoms with Crippen LogP contribution in [0.2, 0.25) is 0 Å². The molecular formula is C13H16BrNO. The number of ether oxygens (including phenoxy) is 1. The summed E-state index contributed by atoms with van der Waals surface area (Å²) in [7, 11) is 0. The van der Waals surface area contributed by atoms with Gasteiger partial charge in [0.15, 0.2) is 5.90 Å². The molecule has 1 aliphatic rings. The molecule has 0 bridgehead atoms. The largest absolute Gasteiger partial charge is 0.478 e. The zero-order valence-corrected chi connectivity index (χ0v) is 11.5. The first-order valence-electron chi connectivity index (χ1n) is 5.43. The fourth-order valence-electron chi connectivity index (χ4n) is 1.76. The minimum absolute atomic E-state index is 0.0603. The Balaban J connectivity index is 2.20. The van der Waals surface area contributed by atoms with Crippen molar-refractivity contribution in [1.82, 2.24) is 0 Å². The molecule has 2 nitrogen and oxygen atoms in total. The van der Waals surface area contributed by atoms with E-state index < -0.39 is 0 Å². The molecule has 1 aromatic carbocycles. The molecule has 0 atom stereocenters. The van der Waals surface area contributed by atoms with Crippen LogP contribution >= 0.6 is 15.9 Å². The topological polar surface area (TPSA) is 21.6 Å². The maximum atomic E-state index is 5.60. The third-order valence-corrected chi connectivity index (χ3v) is 3.60. The lowest BCUT2D eigenvalue weighted by atomic mass is 10.1. The van der Waals surface area contributed by atoms with Gasteiger partial charge in [-0.2, -0.15) is 0 Å². The van der Waals surface area contributed by atoms with E-state index in [1.54, 1.807) is 0 Å². The Morgan fingerprint density at radius 3 is 2.81 bits per heavy atom. The Bertz CT molecular complexity index is 438. The van der Waals surface area contributed by atoms with E-state index >= 15 is 0 Å². The smallest absolute Gasteiger partial charge is 0.188 e. The molecule has 16 heavy (non-hydrogen) atoms. The summed E-state index contributed by atoms with van der Waals surface area (Å²) in [5.74, 6) is 0.853. The molecule has 0 aromatic heterocycles. The average molecular weight is 282 g/mol. The zero-order chi connectivity index (χ0) is 11.8. The second-order valence-electron chi connectivity index (χ2n) is 4.81. The van der Waals surface area contributed by atoms with Crippen molar-refractivity contribution in [3.8, 4) is 0 Å². The highest BCUT2D eigenvalue weighted by atomic mass is 79.9. The van der Waals surface area contributed by atoms with Crippen LogP contribution in [0.1, 0.15) is 25.0 Å². The third-order valence-electron chi connectivity index (χ3n) is 2.74. The van der Waals surface area contributed by atoms with Gasteiger partial charge in [0, 0.05) is 10.9 Å². The van der Waals surface area contributed by atoms with E-state index in [-0.39, 0.29) is 5.54 Å². The van der Waals surface area contributed by atoms with Gasteiger partial charge in [0.25, 0.3) is 0 Å². The van der Waals surface area contributed by atoms with Gasteiger partial charge in [-0.1, -0.05) is 28.1 Å². The highest BCUT2D eigenvalue weighted by molar-refractivity contribution is 9.10. The fraction of sp³-hybridized carbons (Fsp3) is 0.462. The van der Waals surface area contributed by atoms with E-state index in [1.165, 1.54) is 11.1 Å². The van der Waals surface area contributed by atoms with Crippen molar-refractivity contribution in [3.63, 3.8) is 0 Å². The number of aliphatic imine (C=N–C) groups is 1. The van der Waals surface area contributed by atoms with Crippen molar-refractivity contribution in [1.29, 1.82) is 0 Å². The van der Waals surface area contributed by atoms with E-state index in [1.807, 2.05) is 6.07 Å². The maximum absolute atomic E-state index is 5.60. The second-order valence-corrected chi connectivity index (χ2v) is 5.66. The van der Waals surface area contributed by atoms with Crippen molar-refractivity contribution in [2.45, 2.75) is 32.7 Å². The molecule has 0 amide bonds. The van der Waals surface area contributed by atoms with Gasteiger partial charge in [-0.15, -0.1) is 0 Å². The molecular weight excluding hydrogens is 266 g/mol. The molecule has 1 heterocycles. The Kier molecular flexibility index (Phi) is 3.06. The van der Waals surface area contributed by atoms with Gasteiger partial charge in [0.05, 0.1) is 5.54 Å². The summed E-state index contributed by atoms with van der Waals surface area (Å²) in [5, 5.41) is 0. The van der Waals surface area contributed by atoms with Crippen LogP contribution < -0.4 is 0 Å². The fourth-order valence-corrected chi connectivity index (χ4v) is 2.17. The summed E-state index contributed by atoms with van der Waals surface area (Å²) in [6.45, 7) is 6.98. The lowest BCUT2D eigenvalue weighted by Gasteiger charge is -2.07. The monoisotopic (exact) mass is 281 g/mol. The van der Waals surface area contributed by atoms with Crippen molar-refractivity contribution >= 4 is 21.8 Å². The molecule has 1 aromatic rings. The normalized spacial score (nSPS) is 18.1. The summed E-state index contributed by atoms with van der Waals surface area (Å²) in [6.07, 6.45) is 0.786. The molecule has 0 saturated heterocycles. The summed E-state index contributed by atoms with van der Waals surface area (Å²) >= 11 is 3.54. The highest BCUT2D eigenvalue weighted by Crippen LogP contribution is 2.23. The Morgan fingerprint density at radius 1 is 1.44 bits per heavy atom. The van der Waals surface area contributed by atoms with E-state index in [0.717, 1.165) is 16.8 Å². The molecule has 0 saturated carbocycles. The van der Waals surface area contributed by atoms with Crippen LogP contribution in [0.3, 0.4) is 0 Å². The maximum Gasteiger partial charge on any atom is 0.188 e. The van der Waals surface area contributed by atoms with Gasteiger partial charge < -0.3 is 4.74 Å². The highest BCUT2D eigenvalue weighted by Gasteiger charge is 2.26. The second kappa shape index (κ2) is 4.21. The van der Waals surface area contributed by atoms with Gasteiger partial charge in [0.1, 0.15) is 6.61 Å². The molecule has 0 N–H and O–H groups in total. The molecule has 0 radical (unpaired) electrons. The van der Waals surface area contributed by atoms with Gasteiger partial charge in [0.2, 0.25) is 0 Å². The predicted molar refractivity (Wildman–Crippen MR) is 70.0 cm³/mol. The number of benzene rings is 1. The lowest BCUT2D eigenvalue weighted by molar-refractivity contribution is 0.275. The predicted octanol–water partition coefficient (Wildman–Crippen LogP) is 3.51. The number of hydrogen-bond acceptors (Lipinski definition) is 2. The Hall–Kier alpha value is -0.830. The van der Waals surface area contributed by atoms with Crippen molar-refractivity contribution in [2.75, 3.05) is 6.61 Å². The molecule has 86 valence electrons. The van der Waals surface area contributed by atoms with Gasteiger partial charge >= 0.3 is 0 Å². The number of halogens is 1. The first-order chi connectivity index (χ1) is 7.48. The zero-order valence-electron chi connectivity index (χ0n) is 9.88. The number of rotatable bonds is 2. The SMILES string of the molecule is Cc1c(Br)cccc1CC1=NC(C)(C)CO1. The molecule has 0 unspecified atom stereocenters. The third kappa shape index (κ3) is 2.46. The van der Waals surface area contributed by atoms with Crippen LogP contribution in [0.25, 0.3) is 0 Å². The quantitative estimate of drug-likeness (QED) is 0.813. The van der Waals surface area contributed by atoms with E-state index in [9.17, 15) is 0 Å². The number of hydrogen-bond donors (Lipinski definition) is 0. The molecule has 0 aliphatic carbocycles. The van der Waals surface area contributed by atoms with Crippen LogP contribution in [-0.2, 0) is 11.2 Å². The Labute approximate surface area is 105 Å². The van der Waals surface area contributed by atoms with E-state index in [2.05, 4.69) is 53.8 Å². The summed E-state index contributed by atoms with van der Waals surface area (Å²) in [4.78, 5) is 4.57.